The van der Waals surface area contributed by atoms with Crippen molar-refractivity contribution in [3.05, 3.63) is 39.6 Å². The summed E-state index contributed by atoms with van der Waals surface area (Å²) in [6.45, 7) is 4.96. The Morgan fingerprint density at radius 2 is 1.95 bits per heavy atom. The van der Waals surface area contributed by atoms with Crippen LogP contribution in [0.4, 0.5) is 17.3 Å². The lowest BCUT2D eigenvalue weighted by molar-refractivity contribution is 1.03. The van der Waals surface area contributed by atoms with Crippen molar-refractivity contribution < 1.29 is 0 Å². The van der Waals surface area contributed by atoms with Gasteiger partial charge in [0.05, 0.1) is 5.02 Å². The van der Waals surface area contributed by atoms with E-state index in [1.54, 1.807) is 6.33 Å². The van der Waals surface area contributed by atoms with Gasteiger partial charge in [0.25, 0.3) is 0 Å². The Morgan fingerprint density at radius 1 is 1.20 bits per heavy atom. The lowest BCUT2D eigenvalue weighted by atomic mass is 10.2. The van der Waals surface area contributed by atoms with Gasteiger partial charge in [0, 0.05) is 22.3 Å². The van der Waals surface area contributed by atoms with Crippen LogP contribution in [0.25, 0.3) is 0 Å². The van der Waals surface area contributed by atoms with Crippen LogP contribution in [0.15, 0.2) is 29.0 Å². The minimum absolute atomic E-state index is 0.683. The molecule has 0 spiro atoms. The van der Waals surface area contributed by atoms with Crippen LogP contribution < -0.4 is 10.6 Å². The largest absolute Gasteiger partial charge is 0.370 e. The maximum Gasteiger partial charge on any atom is 0.139 e. The zero-order valence-electron chi connectivity index (χ0n) is 11.4. The third-order valence-corrected chi connectivity index (χ3v) is 4.04. The van der Waals surface area contributed by atoms with Crippen molar-refractivity contribution in [1.29, 1.82) is 0 Å². The number of hydrogen-bond acceptors (Lipinski definition) is 4. The second kappa shape index (κ2) is 6.90. The highest BCUT2D eigenvalue weighted by Crippen LogP contribution is 2.29. The lowest BCUT2D eigenvalue weighted by Gasteiger charge is -2.14. The van der Waals surface area contributed by atoms with Crippen LogP contribution in [0.3, 0.4) is 0 Å². The van der Waals surface area contributed by atoms with Crippen molar-refractivity contribution >= 4 is 44.9 Å². The van der Waals surface area contributed by atoms with Crippen molar-refractivity contribution in [3.8, 4) is 0 Å². The molecule has 20 heavy (non-hydrogen) atoms. The Balaban J connectivity index is 2.32. The molecule has 2 N–H and O–H groups in total. The second-order valence-electron chi connectivity index (χ2n) is 4.19. The molecule has 1 heterocycles. The molecule has 6 heteroatoms. The van der Waals surface area contributed by atoms with Gasteiger partial charge in [0.1, 0.15) is 18.0 Å². The minimum Gasteiger partial charge on any atom is -0.370 e. The molecule has 2 aromatic rings. The molecule has 0 unspecified atom stereocenters. The van der Waals surface area contributed by atoms with Crippen molar-refractivity contribution in [2.45, 2.75) is 20.3 Å². The van der Waals surface area contributed by atoms with Gasteiger partial charge in [-0.25, -0.2) is 9.97 Å². The molecule has 0 amide bonds. The number of nitrogens with one attached hydrogen (secondary N) is 2. The fraction of sp³-hybridized carbons (Fsp3) is 0.286. The highest BCUT2D eigenvalue weighted by atomic mass is 79.9. The molecule has 1 aromatic carbocycles. The van der Waals surface area contributed by atoms with E-state index in [4.69, 9.17) is 11.6 Å². The van der Waals surface area contributed by atoms with Gasteiger partial charge in [-0.3, -0.25) is 0 Å². The molecule has 0 bridgehead atoms. The monoisotopic (exact) mass is 354 g/mol. The molecule has 0 saturated carbocycles. The topological polar surface area (TPSA) is 49.8 Å². The number of benzene rings is 1. The Bertz CT molecular complexity index is 604. The molecule has 0 fully saturated rings. The molecule has 1 aromatic heterocycles. The molecule has 0 radical (unpaired) electrons. The van der Waals surface area contributed by atoms with Crippen molar-refractivity contribution in [2.75, 3.05) is 17.2 Å². The quantitative estimate of drug-likeness (QED) is 0.821. The van der Waals surface area contributed by atoms with Crippen molar-refractivity contribution in [1.82, 2.24) is 9.97 Å². The molecule has 0 aliphatic rings. The van der Waals surface area contributed by atoms with Gasteiger partial charge in [-0.15, -0.1) is 0 Å². The normalized spacial score (nSPS) is 10.4. The molecular weight excluding hydrogens is 340 g/mol. The van der Waals surface area contributed by atoms with E-state index >= 15 is 0 Å². The predicted molar refractivity (Wildman–Crippen MR) is 88.0 cm³/mol. The molecule has 4 nitrogen and oxygen atoms in total. The summed E-state index contributed by atoms with van der Waals surface area (Å²) >= 11 is 9.42. The lowest BCUT2D eigenvalue weighted by Crippen LogP contribution is -2.07. The minimum atomic E-state index is 0.683. The van der Waals surface area contributed by atoms with Gasteiger partial charge in [-0.1, -0.05) is 18.5 Å². The summed E-state index contributed by atoms with van der Waals surface area (Å²) in [6, 6.07) is 5.68. The van der Waals surface area contributed by atoms with Crippen LogP contribution >= 0.6 is 27.5 Å². The van der Waals surface area contributed by atoms with E-state index in [-0.39, 0.29) is 0 Å². The average molecular weight is 356 g/mol. The van der Waals surface area contributed by atoms with E-state index in [1.165, 1.54) is 0 Å². The number of anilines is 3. The fourth-order valence-electron chi connectivity index (χ4n) is 1.89. The van der Waals surface area contributed by atoms with Crippen LogP contribution in [-0.2, 0) is 6.42 Å². The Kier molecular flexibility index (Phi) is 5.20. The molecular formula is C14H16BrClN4. The van der Waals surface area contributed by atoms with E-state index in [1.807, 2.05) is 25.1 Å². The van der Waals surface area contributed by atoms with Gasteiger partial charge in [-0.05, 0) is 47.5 Å². The maximum atomic E-state index is 6.00. The molecule has 0 atom stereocenters. The van der Waals surface area contributed by atoms with E-state index in [0.29, 0.717) is 5.02 Å². The first-order valence-electron chi connectivity index (χ1n) is 6.45. The SMILES string of the molecule is CCNc1ncnc(Nc2ccc(Cl)c(Br)c2)c1CC. The maximum absolute atomic E-state index is 6.00. The molecule has 2 rings (SSSR count). The van der Waals surface area contributed by atoms with Crippen LogP contribution in [0.5, 0.6) is 0 Å². The summed E-state index contributed by atoms with van der Waals surface area (Å²) in [6.07, 6.45) is 2.41. The van der Waals surface area contributed by atoms with Crippen LogP contribution in [-0.4, -0.2) is 16.5 Å². The summed E-state index contributed by atoms with van der Waals surface area (Å²) in [4.78, 5) is 8.61. The van der Waals surface area contributed by atoms with E-state index in [0.717, 1.165) is 40.3 Å². The second-order valence-corrected chi connectivity index (χ2v) is 5.45. The molecule has 0 aliphatic carbocycles. The van der Waals surface area contributed by atoms with Crippen molar-refractivity contribution in [2.24, 2.45) is 0 Å². The zero-order chi connectivity index (χ0) is 14.5. The zero-order valence-corrected chi connectivity index (χ0v) is 13.7. The Hall–Kier alpha value is -1.33. The predicted octanol–water partition coefficient (Wildman–Crippen LogP) is 4.63. The van der Waals surface area contributed by atoms with E-state index in [2.05, 4.69) is 43.5 Å². The summed E-state index contributed by atoms with van der Waals surface area (Å²) in [5.74, 6) is 1.69. The summed E-state index contributed by atoms with van der Waals surface area (Å²) in [5.41, 5.74) is 2.00. The van der Waals surface area contributed by atoms with Crippen LogP contribution in [0.2, 0.25) is 5.02 Å². The first-order chi connectivity index (χ1) is 9.65. The number of rotatable bonds is 5. The number of nitrogens with zero attached hydrogens (tertiary/aromatic N) is 2. The number of hydrogen-bond donors (Lipinski definition) is 2. The van der Waals surface area contributed by atoms with E-state index in [9.17, 15) is 0 Å². The number of aromatic nitrogens is 2. The number of halogens is 2. The smallest absolute Gasteiger partial charge is 0.139 e. The highest BCUT2D eigenvalue weighted by Gasteiger charge is 2.10. The summed E-state index contributed by atoms with van der Waals surface area (Å²) in [5, 5.41) is 7.25. The molecule has 0 aliphatic heterocycles. The van der Waals surface area contributed by atoms with Gasteiger partial charge >= 0.3 is 0 Å². The first kappa shape index (κ1) is 15.1. The van der Waals surface area contributed by atoms with Crippen LogP contribution in [0.1, 0.15) is 19.4 Å². The van der Waals surface area contributed by atoms with E-state index < -0.39 is 0 Å². The van der Waals surface area contributed by atoms with Gasteiger partial charge in [0.15, 0.2) is 0 Å². The first-order valence-corrected chi connectivity index (χ1v) is 7.62. The van der Waals surface area contributed by atoms with Crippen molar-refractivity contribution in [3.63, 3.8) is 0 Å². The molecule has 0 saturated heterocycles. The Labute approximate surface area is 132 Å². The van der Waals surface area contributed by atoms with Gasteiger partial charge in [0.2, 0.25) is 0 Å². The Morgan fingerprint density at radius 3 is 2.60 bits per heavy atom. The van der Waals surface area contributed by atoms with Gasteiger partial charge < -0.3 is 10.6 Å². The third-order valence-electron chi connectivity index (χ3n) is 2.83. The van der Waals surface area contributed by atoms with Crippen LogP contribution in [0, 0.1) is 0 Å². The third kappa shape index (κ3) is 3.41. The summed E-state index contributed by atoms with van der Waals surface area (Å²) < 4.78 is 0.850. The van der Waals surface area contributed by atoms with Gasteiger partial charge in [-0.2, -0.15) is 0 Å². The summed E-state index contributed by atoms with van der Waals surface area (Å²) in [7, 11) is 0. The molecule has 106 valence electrons. The highest BCUT2D eigenvalue weighted by molar-refractivity contribution is 9.10. The fourth-order valence-corrected chi connectivity index (χ4v) is 2.38. The average Bonchev–Trinajstić information content (AvgIpc) is 2.44. The standard InChI is InChI=1S/C14H16BrClN4/c1-3-10-13(17-4-2)18-8-19-14(10)20-9-5-6-12(16)11(15)7-9/h5-8H,3-4H2,1-2H3,(H2,17,18,19,20).